The Bertz CT molecular complexity index is 2130. The van der Waals surface area contributed by atoms with Gasteiger partial charge in [-0.25, -0.2) is 4.79 Å². The summed E-state index contributed by atoms with van der Waals surface area (Å²) < 4.78 is 0.0773. The molecule has 17 heteroatoms. The Morgan fingerprint density at radius 2 is 1.08 bits per heavy atom. The molecule has 0 bridgehead atoms. The number of unbranched alkanes of at least 4 members (excludes halogenated alkanes) is 7. The summed E-state index contributed by atoms with van der Waals surface area (Å²) in [6, 6.07) is 40.9. The quantitative estimate of drug-likeness (QED) is 0.0188. The van der Waals surface area contributed by atoms with E-state index in [1.54, 1.807) is 4.90 Å². The van der Waals surface area contributed by atoms with E-state index in [2.05, 4.69) is 108 Å². The maximum atomic E-state index is 12.4. The number of carboxylic acids is 3. The Kier molecular flexibility index (Phi) is 28.5. The van der Waals surface area contributed by atoms with Crippen LogP contribution in [-0.2, 0) is 20.8 Å². The third kappa shape index (κ3) is 21.2. The van der Waals surface area contributed by atoms with E-state index in [0.29, 0.717) is 50.8 Å². The van der Waals surface area contributed by atoms with Crippen molar-refractivity contribution in [3.05, 3.63) is 133 Å². The second kappa shape index (κ2) is 32.7. The van der Waals surface area contributed by atoms with E-state index in [0.717, 1.165) is 30.6 Å². The minimum absolute atomic E-state index is 0. The standard InChI is InChI=1S/C54H73N6O7PS.BrH.Gd/c1-44(61)39-57-31-32-58(41-51(62)63)35-36-60(2,43-53(66)67)47(40-59(34-33-57)42-52(64)65)38-45-26-28-46(29-27-45)56-54(69)55-30-18-7-5-3-4-6-8-19-37-68(48-20-12-9-13-21-48,49-22-14-10-15-23-49)50-24-16-11-17-25-50;;/h9-17,20-29,47H,1,3-8,18-19,30-43H2,2H3,(H4-2,55,56,61,62,63,64,65,66,67,69);1H;/q;;+3/p+1. The number of carboxylic acid groups (broad SMARTS) is 3. The van der Waals surface area contributed by atoms with E-state index in [1.807, 2.05) is 41.1 Å². The van der Waals surface area contributed by atoms with Gasteiger partial charge in [0, 0.05) is 51.4 Å². The molecular formula is C54H75BrGdN6O7PS+4. The van der Waals surface area contributed by atoms with Gasteiger partial charge in [-0.1, -0.05) is 105 Å². The first-order valence-corrected chi connectivity index (χ1v) is 26.9. The summed E-state index contributed by atoms with van der Waals surface area (Å²) in [6.07, 6.45) is 11.1. The number of hydrogen-bond donors (Lipinski definition) is 6. The van der Waals surface area contributed by atoms with Crippen molar-refractivity contribution in [2.24, 2.45) is 0 Å². The number of rotatable bonds is 25. The van der Waals surface area contributed by atoms with Crippen molar-refractivity contribution in [2.45, 2.75) is 63.8 Å². The van der Waals surface area contributed by atoms with Crippen LogP contribution in [0.1, 0.15) is 56.9 Å². The maximum absolute atomic E-state index is 12.4. The second-order valence-corrected chi connectivity index (χ2v) is 22.7. The van der Waals surface area contributed by atoms with Crippen LogP contribution in [0.5, 0.6) is 0 Å². The van der Waals surface area contributed by atoms with Crippen LogP contribution in [0.4, 0.5) is 5.69 Å². The molecular weight excluding hydrogens is 1140 g/mol. The summed E-state index contributed by atoms with van der Waals surface area (Å²) in [4.78, 5) is 41.8. The fourth-order valence-electron chi connectivity index (χ4n) is 9.62. The molecule has 385 valence electrons. The maximum Gasteiger partial charge on any atom is 3.00 e. The smallest absolute Gasteiger partial charge is 1.00 e. The van der Waals surface area contributed by atoms with Gasteiger partial charge in [0.1, 0.15) is 29.2 Å². The summed E-state index contributed by atoms with van der Waals surface area (Å²) in [5.41, 5.74) is 1.76. The zero-order chi connectivity index (χ0) is 49.5. The van der Waals surface area contributed by atoms with Gasteiger partial charge < -0.3 is 52.5 Å². The molecule has 1 aliphatic rings. The number of aliphatic hydroxyl groups is 1. The van der Waals surface area contributed by atoms with Crippen LogP contribution in [0.25, 0.3) is 0 Å². The Balaban J connectivity index is 0.00000666. The number of halogens is 1. The molecule has 0 saturated carbocycles. The van der Waals surface area contributed by atoms with Crippen molar-refractivity contribution in [2.75, 3.05) is 97.1 Å². The summed E-state index contributed by atoms with van der Waals surface area (Å²) in [5.74, 6) is -3.01. The number of aliphatic hydroxyl groups excluding tert-OH is 1. The van der Waals surface area contributed by atoms with E-state index in [4.69, 9.17) is 12.2 Å². The summed E-state index contributed by atoms with van der Waals surface area (Å²) in [7, 11) is 0.0879. The fraction of sp³-hybridized carbons (Fsp3) is 0.444. The number of aliphatic carboxylic acids is 3. The molecule has 5 rings (SSSR count). The van der Waals surface area contributed by atoms with Gasteiger partial charge in [0.25, 0.3) is 0 Å². The third-order valence-corrected chi connectivity index (χ3v) is 18.1. The number of quaternary nitrogens is 1. The zero-order valence-electron chi connectivity index (χ0n) is 41.2. The number of anilines is 1. The summed E-state index contributed by atoms with van der Waals surface area (Å²) >= 11 is 5.64. The van der Waals surface area contributed by atoms with Crippen molar-refractivity contribution in [1.82, 2.24) is 20.0 Å². The van der Waals surface area contributed by atoms with Crippen LogP contribution in [0.15, 0.2) is 128 Å². The minimum Gasteiger partial charge on any atom is -1.00 e. The number of nitrogens with one attached hydrogen (secondary N) is 2. The second-order valence-electron chi connectivity index (χ2n) is 18.7. The van der Waals surface area contributed by atoms with Gasteiger partial charge in [0.15, 0.2) is 11.7 Å². The van der Waals surface area contributed by atoms with Gasteiger partial charge in [0.2, 0.25) is 0 Å². The van der Waals surface area contributed by atoms with Gasteiger partial charge in [0.05, 0.1) is 51.7 Å². The number of likely N-dealkylation sites (N-methyl/N-ethyl adjacent to an activating group) is 1. The van der Waals surface area contributed by atoms with Crippen molar-refractivity contribution >= 4 is 64.1 Å². The van der Waals surface area contributed by atoms with Crippen molar-refractivity contribution in [3.63, 3.8) is 0 Å². The van der Waals surface area contributed by atoms with E-state index in [1.165, 1.54) is 60.6 Å². The molecule has 1 aliphatic heterocycles. The van der Waals surface area contributed by atoms with Crippen molar-refractivity contribution in [1.29, 1.82) is 0 Å². The van der Waals surface area contributed by atoms with Crippen LogP contribution in [0.2, 0.25) is 0 Å². The fourth-order valence-corrected chi connectivity index (χ4v) is 14.3. The van der Waals surface area contributed by atoms with Crippen LogP contribution < -0.4 is 43.5 Å². The van der Waals surface area contributed by atoms with Crippen LogP contribution >= 0.6 is 19.5 Å². The third-order valence-electron chi connectivity index (χ3n) is 13.3. The first-order chi connectivity index (χ1) is 33.3. The molecule has 0 amide bonds. The Morgan fingerprint density at radius 1 is 0.634 bits per heavy atom. The van der Waals surface area contributed by atoms with Gasteiger partial charge in [-0.2, -0.15) is 0 Å². The van der Waals surface area contributed by atoms with Gasteiger partial charge in [-0.3, -0.25) is 24.3 Å². The predicted octanol–water partition coefficient (Wildman–Crippen LogP) is 3.69. The van der Waals surface area contributed by atoms with Gasteiger partial charge >= 0.3 is 57.8 Å². The molecule has 1 radical (unpaired) electrons. The molecule has 1 saturated heterocycles. The number of hydrogen-bond acceptors (Lipinski definition) is 8. The van der Waals surface area contributed by atoms with E-state index in [-0.39, 0.29) is 106 Å². The van der Waals surface area contributed by atoms with Crippen LogP contribution in [-0.4, -0.2) is 160 Å². The number of thiocarbonyl (C=S) groups is 1. The molecule has 13 nitrogen and oxygen atoms in total. The molecule has 0 aliphatic carbocycles. The molecule has 71 heavy (non-hydrogen) atoms. The Labute approximate surface area is 470 Å². The van der Waals surface area contributed by atoms with E-state index >= 15 is 0 Å². The average molecular weight is 1220 g/mol. The normalized spacial score (nSPS) is 17.3. The van der Waals surface area contributed by atoms with Gasteiger partial charge in [-0.15, -0.1) is 0 Å². The Hall–Kier alpha value is -3.41. The van der Waals surface area contributed by atoms with E-state index < -0.39 is 25.2 Å². The first kappa shape index (κ1) is 61.9. The largest absolute Gasteiger partial charge is 3.00 e. The molecule has 4 aromatic carbocycles. The number of nitrogens with zero attached hydrogens (tertiary/aromatic N) is 4. The topological polar surface area (TPSA) is 166 Å². The molecule has 2 atom stereocenters. The molecule has 1 fully saturated rings. The average Bonchev–Trinajstić information content (AvgIpc) is 3.32. The minimum atomic E-state index is -1.78. The first-order valence-electron chi connectivity index (χ1n) is 24.5. The van der Waals surface area contributed by atoms with Crippen molar-refractivity contribution < 1.29 is 96.2 Å². The van der Waals surface area contributed by atoms with Crippen LogP contribution in [0.3, 0.4) is 0 Å². The molecule has 6 N–H and O–H groups in total. The zero-order valence-corrected chi connectivity index (χ0v) is 46.8. The SMILES string of the molecule is C=C(O)CN1CCN(CC(=O)O)CC[N+](C)(CC(=O)O)C(Cc2ccc(NC(=S)NCCCCCCCCCC[P+](c3ccccc3)(c3ccccc3)c3ccccc3)cc2)CN(CC(=O)O)CC1.[Br-].[Gd+3]. The number of benzene rings is 4. The summed E-state index contributed by atoms with van der Waals surface area (Å²) in [5, 5.41) is 51.2. The molecule has 0 aromatic heterocycles. The Morgan fingerprint density at radius 3 is 1.56 bits per heavy atom. The van der Waals surface area contributed by atoms with Crippen LogP contribution in [0, 0.1) is 39.9 Å². The van der Waals surface area contributed by atoms with Crippen molar-refractivity contribution in [3.8, 4) is 0 Å². The monoisotopic (exact) mass is 1220 g/mol. The predicted molar refractivity (Wildman–Crippen MR) is 285 cm³/mol. The number of carbonyl (C=O) groups is 3. The van der Waals surface area contributed by atoms with Gasteiger partial charge in [-0.05, 0) is 85.6 Å². The molecule has 0 spiro atoms. The summed E-state index contributed by atoms with van der Waals surface area (Å²) in [6.45, 7) is 6.37. The van der Waals surface area contributed by atoms with E-state index in [9.17, 15) is 34.8 Å². The molecule has 4 aromatic rings. The molecule has 2 unspecified atom stereocenters. The molecule has 1 heterocycles.